The lowest BCUT2D eigenvalue weighted by Crippen LogP contribution is -2.35. The van der Waals surface area contributed by atoms with Gasteiger partial charge in [0, 0.05) is 6.54 Å². The Bertz CT molecular complexity index is 580. The summed E-state index contributed by atoms with van der Waals surface area (Å²) in [6, 6.07) is 5.31. The fourth-order valence-corrected chi connectivity index (χ4v) is 2.28. The number of aromatic hydroxyl groups is 1. The highest BCUT2D eigenvalue weighted by atomic mass is 16.3. The summed E-state index contributed by atoms with van der Waals surface area (Å²) in [5.74, 6) is -0.116. The number of carbonyl (C=O) groups is 1. The highest BCUT2D eigenvalue weighted by Crippen LogP contribution is 2.35. The summed E-state index contributed by atoms with van der Waals surface area (Å²) in [5, 5.41) is 19.8. The van der Waals surface area contributed by atoms with Crippen LogP contribution in [0.4, 0.5) is 5.69 Å². The van der Waals surface area contributed by atoms with Gasteiger partial charge in [-0.1, -0.05) is 12.1 Å². The number of phenols is 1. The number of nitrogens with zero attached hydrogens (tertiary/aromatic N) is 3. The molecule has 3 rings (SSSR count). The van der Waals surface area contributed by atoms with E-state index in [0.29, 0.717) is 12.2 Å². The molecule has 0 spiro atoms. The zero-order chi connectivity index (χ0) is 12.5. The maximum absolute atomic E-state index is 12.3. The monoisotopic (exact) mass is 244 g/mol. The van der Waals surface area contributed by atoms with Crippen molar-refractivity contribution in [2.24, 2.45) is 0 Å². The lowest BCUT2D eigenvalue weighted by Gasteiger charge is -2.29. The average molecular weight is 244 g/mol. The summed E-state index contributed by atoms with van der Waals surface area (Å²) in [5.41, 5.74) is 1.83. The van der Waals surface area contributed by atoms with Crippen molar-refractivity contribution in [2.45, 2.75) is 12.8 Å². The molecule has 2 aromatic rings. The number of aryl methyl sites for hydroxylation is 1. The third-order valence-corrected chi connectivity index (χ3v) is 3.08. The number of para-hydroxylation sites is 1. The highest BCUT2D eigenvalue weighted by molar-refractivity contribution is 6.06. The minimum Gasteiger partial charge on any atom is -0.506 e. The Morgan fingerprint density at radius 2 is 2.33 bits per heavy atom. The van der Waals surface area contributed by atoms with E-state index >= 15 is 0 Å². The Kier molecular flexibility index (Phi) is 2.47. The Morgan fingerprint density at radius 1 is 1.44 bits per heavy atom. The first-order valence-electron chi connectivity index (χ1n) is 5.76. The van der Waals surface area contributed by atoms with Crippen LogP contribution in [-0.2, 0) is 6.42 Å². The molecule has 0 saturated carbocycles. The molecule has 2 N–H and O–H groups in total. The van der Waals surface area contributed by atoms with Crippen LogP contribution in [0.5, 0.6) is 5.75 Å². The quantitative estimate of drug-likeness (QED) is 0.787. The van der Waals surface area contributed by atoms with E-state index < -0.39 is 0 Å². The molecule has 6 heteroatoms. The largest absolute Gasteiger partial charge is 0.506 e. The van der Waals surface area contributed by atoms with E-state index in [-0.39, 0.29) is 17.4 Å². The van der Waals surface area contributed by atoms with E-state index in [2.05, 4.69) is 15.4 Å². The third-order valence-electron chi connectivity index (χ3n) is 3.08. The topological polar surface area (TPSA) is 82.1 Å². The predicted octanol–water partition coefficient (Wildman–Crippen LogP) is 1.10. The van der Waals surface area contributed by atoms with Crippen LogP contribution < -0.4 is 4.90 Å². The van der Waals surface area contributed by atoms with Gasteiger partial charge in [-0.2, -0.15) is 15.4 Å². The number of aromatic amines is 1. The van der Waals surface area contributed by atoms with Crippen molar-refractivity contribution in [1.82, 2.24) is 15.4 Å². The number of carbonyl (C=O) groups excluding carboxylic acids is 1. The summed E-state index contributed by atoms with van der Waals surface area (Å²) in [4.78, 5) is 13.8. The van der Waals surface area contributed by atoms with Crippen LogP contribution in [0.1, 0.15) is 22.5 Å². The molecule has 92 valence electrons. The van der Waals surface area contributed by atoms with Crippen molar-refractivity contribution in [3.63, 3.8) is 0 Å². The van der Waals surface area contributed by atoms with E-state index in [1.54, 1.807) is 17.0 Å². The highest BCUT2D eigenvalue weighted by Gasteiger charge is 2.27. The first-order chi connectivity index (χ1) is 8.77. The van der Waals surface area contributed by atoms with Crippen molar-refractivity contribution < 1.29 is 9.90 Å². The minimum absolute atomic E-state index is 0.129. The van der Waals surface area contributed by atoms with Crippen LogP contribution in [0.2, 0.25) is 0 Å². The Balaban J connectivity index is 2.04. The second kappa shape index (κ2) is 4.14. The van der Waals surface area contributed by atoms with E-state index in [4.69, 9.17) is 0 Å². The predicted molar refractivity (Wildman–Crippen MR) is 64.5 cm³/mol. The third kappa shape index (κ3) is 1.62. The molecule has 1 aromatic carbocycles. The number of rotatable bonds is 1. The number of hydrogen-bond donors (Lipinski definition) is 2. The molecule has 1 aliphatic rings. The second-order valence-electron chi connectivity index (χ2n) is 4.20. The number of benzene rings is 1. The molecule has 6 nitrogen and oxygen atoms in total. The number of hydrogen-bond acceptors (Lipinski definition) is 4. The summed E-state index contributed by atoms with van der Waals surface area (Å²) in [6.07, 6.45) is 3.13. The molecule has 0 saturated heterocycles. The maximum atomic E-state index is 12.3. The molecule has 1 aliphatic heterocycles. The SMILES string of the molecule is O=C(c1cn[nH]n1)N1CCCc2cccc(O)c21. The van der Waals surface area contributed by atoms with Crippen molar-refractivity contribution in [3.8, 4) is 5.75 Å². The van der Waals surface area contributed by atoms with Crippen LogP contribution in [0.3, 0.4) is 0 Å². The Hall–Kier alpha value is -2.37. The number of nitrogens with one attached hydrogen (secondary N) is 1. The number of amides is 1. The normalized spacial score (nSPS) is 14.3. The van der Waals surface area contributed by atoms with Crippen LogP contribution >= 0.6 is 0 Å². The van der Waals surface area contributed by atoms with Crippen molar-refractivity contribution in [3.05, 3.63) is 35.7 Å². The molecule has 18 heavy (non-hydrogen) atoms. The molecule has 0 radical (unpaired) electrons. The summed E-state index contributed by atoms with van der Waals surface area (Å²) < 4.78 is 0. The summed E-state index contributed by atoms with van der Waals surface area (Å²) in [7, 11) is 0. The van der Waals surface area contributed by atoms with Gasteiger partial charge >= 0.3 is 0 Å². The van der Waals surface area contributed by atoms with Gasteiger partial charge in [0.15, 0.2) is 5.69 Å². The molecular formula is C12H12N4O2. The summed E-state index contributed by atoms with van der Waals surface area (Å²) >= 11 is 0. The first-order valence-corrected chi connectivity index (χ1v) is 5.76. The number of aromatic nitrogens is 3. The first kappa shape index (κ1) is 10.8. The van der Waals surface area contributed by atoms with Gasteiger partial charge in [-0.05, 0) is 24.5 Å². The number of anilines is 1. The van der Waals surface area contributed by atoms with E-state index in [1.807, 2.05) is 6.07 Å². The van der Waals surface area contributed by atoms with Gasteiger partial charge in [0.05, 0.1) is 11.9 Å². The van der Waals surface area contributed by atoms with Gasteiger partial charge in [-0.15, -0.1) is 0 Å². The fraction of sp³-hybridized carbons (Fsp3) is 0.250. The summed E-state index contributed by atoms with van der Waals surface area (Å²) in [6.45, 7) is 0.580. The van der Waals surface area contributed by atoms with E-state index in [1.165, 1.54) is 6.20 Å². The van der Waals surface area contributed by atoms with Gasteiger partial charge in [0.25, 0.3) is 5.91 Å². The number of H-pyrrole nitrogens is 1. The van der Waals surface area contributed by atoms with Gasteiger partial charge in [0.2, 0.25) is 0 Å². The van der Waals surface area contributed by atoms with Crippen molar-refractivity contribution in [1.29, 1.82) is 0 Å². The molecule has 1 aromatic heterocycles. The molecule has 1 amide bonds. The number of phenolic OH excluding ortho intramolecular Hbond substituents is 1. The molecule has 0 unspecified atom stereocenters. The molecule has 0 atom stereocenters. The molecular weight excluding hydrogens is 232 g/mol. The molecule has 0 bridgehead atoms. The lowest BCUT2D eigenvalue weighted by molar-refractivity contribution is 0.0979. The smallest absolute Gasteiger partial charge is 0.280 e. The molecule has 0 aliphatic carbocycles. The van der Waals surface area contributed by atoms with Crippen LogP contribution in [0.25, 0.3) is 0 Å². The zero-order valence-electron chi connectivity index (χ0n) is 9.63. The lowest BCUT2D eigenvalue weighted by atomic mass is 10.0. The fourth-order valence-electron chi connectivity index (χ4n) is 2.28. The van der Waals surface area contributed by atoms with Crippen LogP contribution in [0.15, 0.2) is 24.4 Å². The van der Waals surface area contributed by atoms with Gasteiger partial charge < -0.3 is 10.0 Å². The van der Waals surface area contributed by atoms with Crippen molar-refractivity contribution in [2.75, 3.05) is 11.4 Å². The number of fused-ring (bicyclic) bond motifs is 1. The van der Waals surface area contributed by atoms with E-state index in [0.717, 1.165) is 18.4 Å². The Labute approximate surface area is 103 Å². The maximum Gasteiger partial charge on any atom is 0.280 e. The van der Waals surface area contributed by atoms with Gasteiger partial charge in [-0.25, -0.2) is 0 Å². The van der Waals surface area contributed by atoms with Crippen LogP contribution in [0, 0.1) is 0 Å². The minimum atomic E-state index is -0.244. The zero-order valence-corrected chi connectivity index (χ0v) is 9.63. The Morgan fingerprint density at radius 3 is 3.11 bits per heavy atom. The average Bonchev–Trinajstić information content (AvgIpc) is 2.91. The second-order valence-corrected chi connectivity index (χ2v) is 4.20. The molecule has 2 heterocycles. The van der Waals surface area contributed by atoms with E-state index in [9.17, 15) is 9.90 Å². The van der Waals surface area contributed by atoms with Gasteiger partial charge in [-0.3, -0.25) is 4.79 Å². The van der Waals surface area contributed by atoms with Crippen LogP contribution in [-0.4, -0.2) is 33.0 Å². The molecule has 0 fully saturated rings. The van der Waals surface area contributed by atoms with Gasteiger partial charge in [0.1, 0.15) is 5.75 Å². The van der Waals surface area contributed by atoms with Crippen molar-refractivity contribution >= 4 is 11.6 Å². The standard InChI is InChI=1S/C12H12N4O2/c17-10-5-1-3-8-4-2-6-16(11(8)10)12(18)9-7-13-15-14-9/h1,3,5,7,17H,2,4,6H2,(H,13,14,15).